The fourth-order valence-corrected chi connectivity index (χ4v) is 5.23. The summed E-state index contributed by atoms with van der Waals surface area (Å²) in [6.45, 7) is 6.45. The smallest absolute Gasteiger partial charge is 0.0879 e. The van der Waals surface area contributed by atoms with E-state index >= 15 is 0 Å². The quantitative estimate of drug-likeness (QED) is 0.786. The van der Waals surface area contributed by atoms with Gasteiger partial charge < -0.3 is 5.11 Å². The van der Waals surface area contributed by atoms with E-state index in [0.717, 1.165) is 19.3 Å². The summed E-state index contributed by atoms with van der Waals surface area (Å²) < 4.78 is 0.0394. The van der Waals surface area contributed by atoms with Crippen LogP contribution in [-0.4, -0.2) is 26.3 Å². The van der Waals surface area contributed by atoms with E-state index in [1.165, 1.54) is 11.5 Å². The molecule has 1 saturated heterocycles. The van der Waals surface area contributed by atoms with E-state index in [9.17, 15) is 5.11 Å². The van der Waals surface area contributed by atoms with Gasteiger partial charge in [0.25, 0.3) is 0 Å². The monoisotopic (exact) mass is 220 g/mol. The molecule has 1 aliphatic rings. The highest BCUT2D eigenvalue weighted by molar-refractivity contribution is 8.21. The molecule has 0 aromatic heterocycles. The lowest BCUT2D eigenvalue weighted by molar-refractivity contribution is 0.0198. The van der Waals surface area contributed by atoms with Gasteiger partial charge in [-0.05, 0) is 19.8 Å². The number of aliphatic hydroxyl groups is 1. The van der Waals surface area contributed by atoms with Gasteiger partial charge in [0.1, 0.15) is 0 Å². The molecule has 1 rings (SSSR count). The molecule has 1 heterocycles. The minimum atomic E-state index is -0.465. The normalized spacial score (nSPS) is 25.8. The molecule has 0 saturated carbocycles. The molecule has 0 spiro atoms. The molecule has 1 aliphatic heterocycles. The standard InChI is InChI=1S/C10H20OS2/c1-4-6-10(11,5-2)9(3)12-7-8-13-9/h11H,4-8H2,1-3H3. The Balaban J connectivity index is 2.73. The van der Waals surface area contributed by atoms with Crippen molar-refractivity contribution >= 4 is 23.5 Å². The maximum Gasteiger partial charge on any atom is 0.0879 e. The van der Waals surface area contributed by atoms with Gasteiger partial charge in [0.2, 0.25) is 0 Å². The first kappa shape index (κ1) is 11.7. The van der Waals surface area contributed by atoms with Crippen LogP contribution in [0.5, 0.6) is 0 Å². The first-order valence-corrected chi connectivity index (χ1v) is 7.05. The van der Waals surface area contributed by atoms with Crippen molar-refractivity contribution in [3.8, 4) is 0 Å². The summed E-state index contributed by atoms with van der Waals surface area (Å²) >= 11 is 3.86. The predicted molar refractivity (Wildman–Crippen MR) is 63.5 cm³/mol. The molecule has 1 unspecified atom stereocenters. The van der Waals surface area contributed by atoms with Crippen molar-refractivity contribution in [3.63, 3.8) is 0 Å². The summed E-state index contributed by atoms with van der Waals surface area (Å²) in [4.78, 5) is 0. The van der Waals surface area contributed by atoms with Crippen molar-refractivity contribution in [2.24, 2.45) is 0 Å². The summed E-state index contributed by atoms with van der Waals surface area (Å²) in [5.41, 5.74) is -0.465. The van der Waals surface area contributed by atoms with Gasteiger partial charge in [0.05, 0.1) is 9.68 Å². The zero-order valence-corrected chi connectivity index (χ0v) is 10.4. The van der Waals surface area contributed by atoms with Gasteiger partial charge in [0, 0.05) is 11.5 Å². The van der Waals surface area contributed by atoms with Gasteiger partial charge >= 0.3 is 0 Å². The van der Waals surface area contributed by atoms with Crippen LogP contribution in [0.4, 0.5) is 0 Å². The predicted octanol–water partition coefficient (Wildman–Crippen LogP) is 3.12. The molecule has 0 aromatic rings. The summed E-state index contributed by atoms with van der Waals surface area (Å²) in [5, 5.41) is 10.5. The zero-order valence-electron chi connectivity index (χ0n) is 8.80. The molecule has 78 valence electrons. The van der Waals surface area contributed by atoms with Crippen LogP contribution in [0.15, 0.2) is 0 Å². The fourth-order valence-electron chi connectivity index (χ4n) is 1.92. The van der Waals surface area contributed by atoms with Gasteiger partial charge in [-0.1, -0.05) is 20.3 Å². The molecule has 0 aliphatic carbocycles. The first-order chi connectivity index (χ1) is 6.08. The third kappa shape index (κ3) is 2.18. The Morgan fingerprint density at radius 1 is 1.31 bits per heavy atom. The Kier molecular flexibility index (Phi) is 4.02. The molecule has 0 radical (unpaired) electrons. The third-order valence-corrected chi connectivity index (χ3v) is 6.58. The topological polar surface area (TPSA) is 20.2 Å². The lowest BCUT2D eigenvalue weighted by Crippen LogP contribution is -2.45. The molecule has 13 heavy (non-hydrogen) atoms. The average molecular weight is 220 g/mol. The SMILES string of the molecule is CCCC(O)(CC)C1(C)SCCS1. The van der Waals surface area contributed by atoms with Crippen LogP contribution in [0.2, 0.25) is 0 Å². The highest BCUT2D eigenvalue weighted by Crippen LogP contribution is 2.53. The molecule has 1 nitrogen and oxygen atoms in total. The molecule has 0 bridgehead atoms. The van der Waals surface area contributed by atoms with Gasteiger partial charge in [-0.25, -0.2) is 0 Å². The van der Waals surface area contributed by atoms with E-state index in [0.29, 0.717) is 0 Å². The lowest BCUT2D eigenvalue weighted by atomic mass is 9.91. The number of hydrogen-bond acceptors (Lipinski definition) is 3. The first-order valence-electron chi connectivity index (χ1n) is 5.08. The lowest BCUT2D eigenvalue weighted by Gasteiger charge is -2.40. The number of thioether (sulfide) groups is 2. The molecule has 0 amide bonds. The Bertz CT molecular complexity index is 166. The maximum absolute atomic E-state index is 10.5. The Morgan fingerprint density at radius 3 is 2.23 bits per heavy atom. The van der Waals surface area contributed by atoms with Crippen LogP contribution in [-0.2, 0) is 0 Å². The van der Waals surface area contributed by atoms with E-state index in [1.807, 2.05) is 23.5 Å². The highest BCUT2D eigenvalue weighted by atomic mass is 32.2. The minimum absolute atomic E-state index is 0.0394. The molecule has 1 atom stereocenters. The second-order valence-corrected chi connectivity index (χ2v) is 7.06. The second-order valence-electron chi connectivity index (χ2n) is 3.78. The van der Waals surface area contributed by atoms with Crippen LogP contribution < -0.4 is 0 Å². The van der Waals surface area contributed by atoms with Gasteiger partial charge in [0.15, 0.2) is 0 Å². The molecule has 0 aromatic carbocycles. The third-order valence-electron chi connectivity index (χ3n) is 2.93. The average Bonchev–Trinajstić information content (AvgIpc) is 2.54. The van der Waals surface area contributed by atoms with E-state index in [1.54, 1.807) is 0 Å². The molecule has 1 fully saturated rings. The van der Waals surface area contributed by atoms with Crippen molar-refractivity contribution < 1.29 is 5.11 Å². The van der Waals surface area contributed by atoms with E-state index < -0.39 is 5.60 Å². The Labute approximate surface area is 90.1 Å². The van der Waals surface area contributed by atoms with E-state index in [2.05, 4.69) is 20.8 Å². The summed E-state index contributed by atoms with van der Waals surface area (Å²) in [5.74, 6) is 2.38. The van der Waals surface area contributed by atoms with E-state index in [-0.39, 0.29) is 4.08 Å². The molecule has 1 N–H and O–H groups in total. The fraction of sp³-hybridized carbons (Fsp3) is 1.00. The van der Waals surface area contributed by atoms with Gasteiger partial charge in [-0.3, -0.25) is 0 Å². The highest BCUT2D eigenvalue weighted by Gasteiger charge is 2.47. The summed E-state index contributed by atoms with van der Waals surface area (Å²) in [7, 11) is 0. The van der Waals surface area contributed by atoms with E-state index in [4.69, 9.17) is 0 Å². The van der Waals surface area contributed by atoms with Crippen LogP contribution in [0.1, 0.15) is 40.0 Å². The minimum Gasteiger partial charge on any atom is -0.388 e. The van der Waals surface area contributed by atoms with Crippen LogP contribution in [0.3, 0.4) is 0 Å². The Hall–Kier alpha value is 0.660. The summed E-state index contributed by atoms with van der Waals surface area (Å²) in [6.07, 6.45) is 2.87. The molecular formula is C10H20OS2. The largest absolute Gasteiger partial charge is 0.388 e. The number of hydrogen-bond donors (Lipinski definition) is 1. The van der Waals surface area contributed by atoms with Crippen molar-refractivity contribution in [1.29, 1.82) is 0 Å². The van der Waals surface area contributed by atoms with Crippen LogP contribution in [0.25, 0.3) is 0 Å². The van der Waals surface area contributed by atoms with Gasteiger partial charge in [-0.15, -0.1) is 23.5 Å². The molecular weight excluding hydrogens is 200 g/mol. The zero-order chi connectivity index (χ0) is 9.95. The maximum atomic E-state index is 10.5. The second kappa shape index (κ2) is 4.45. The van der Waals surface area contributed by atoms with Crippen LogP contribution >= 0.6 is 23.5 Å². The summed E-state index contributed by atoms with van der Waals surface area (Å²) in [6, 6.07) is 0. The number of rotatable bonds is 4. The van der Waals surface area contributed by atoms with Crippen molar-refractivity contribution in [3.05, 3.63) is 0 Å². The Morgan fingerprint density at radius 2 is 1.85 bits per heavy atom. The van der Waals surface area contributed by atoms with Crippen molar-refractivity contribution in [2.45, 2.75) is 49.7 Å². The van der Waals surface area contributed by atoms with Crippen molar-refractivity contribution in [2.75, 3.05) is 11.5 Å². The van der Waals surface area contributed by atoms with Crippen LogP contribution in [0, 0.1) is 0 Å². The van der Waals surface area contributed by atoms with Crippen molar-refractivity contribution in [1.82, 2.24) is 0 Å². The molecule has 3 heteroatoms. The van der Waals surface area contributed by atoms with Gasteiger partial charge in [-0.2, -0.15) is 0 Å².